The summed E-state index contributed by atoms with van der Waals surface area (Å²) in [4.78, 5) is 0. The Balaban J connectivity index is 3.97. The molecule has 0 heterocycles. The molecule has 80 valence electrons. The van der Waals surface area contributed by atoms with E-state index < -0.39 is 0 Å². The lowest BCUT2D eigenvalue weighted by atomic mass is 9.86. The maximum atomic E-state index is 3.27. The van der Waals surface area contributed by atoms with Crippen molar-refractivity contribution in [3.05, 3.63) is 12.2 Å². The van der Waals surface area contributed by atoms with E-state index in [1.54, 1.807) is 0 Å². The van der Waals surface area contributed by atoms with E-state index >= 15 is 0 Å². The molecule has 0 aliphatic rings. The molecule has 0 saturated heterocycles. The molecule has 0 radical (unpaired) electrons. The van der Waals surface area contributed by atoms with E-state index in [0.717, 1.165) is 24.7 Å². The normalized spacial score (nSPS) is 14.9. The fourth-order valence-electron chi connectivity index (χ4n) is 1.62. The number of hydrogen-bond acceptors (Lipinski definition) is 0. The van der Waals surface area contributed by atoms with Gasteiger partial charge in [-0.15, -0.1) is 11.8 Å². The topological polar surface area (TPSA) is 0 Å². The highest BCUT2D eigenvalue weighted by Gasteiger charge is 2.12. The van der Waals surface area contributed by atoms with E-state index in [0.29, 0.717) is 0 Å². The molecule has 0 nitrogen and oxygen atoms in total. The van der Waals surface area contributed by atoms with Gasteiger partial charge in [0.25, 0.3) is 0 Å². The molecular formula is C14H24. The van der Waals surface area contributed by atoms with Gasteiger partial charge in [-0.2, -0.15) is 0 Å². The average molecular weight is 192 g/mol. The number of allylic oxidation sites excluding steroid dienone is 2. The van der Waals surface area contributed by atoms with Crippen molar-refractivity contribution in [1.82, 2.24) is 0 Å². The lowest BCUT2D eigenvalue weighted by Gasteiger charge is -2.18. The maximum absolute atomic E-state index is 3.27. The molecule has 0 rings (SSSR count). The largest absolute Gasteiger partial charge is 0.104 e. The van der Waals surface area contributed by atoms with Gasteiger partial charge in [0.05, 0.1) is 0 Å². The van der Waals surface area contributed by atoms with Crippen LogP contribution < -0.4 is 0 Å². The van der Waals surface area contributed by atoms with Gasteiger partial charge in [0.2, 0.25) is 0 Å². The summed E-state index contributed by atoms with van der Waals surface area (Å²) in [5.74, 6) is 7.96. The van der Waals surface area contributed by atoms with Gasteiger partial charge in [0, 0.05) is 12.8 Å². The van der Waals surface area contributed by atoms with E-state index in [9.17, 15) is 0 Å². The van der Waals surface area contributed by atoms with Crippen LogP contribution in [0.15, 0.2) is 12.2 Å². The molecule has 2 unspecified atom stereocenters. The third-order valence-corrected chi connectivity index (χ3v) is 2.74. The van der Waals surface area contributed by atoms with Crippen molar-refractivity contribution in [2.75, 3.05) is 0 Å². The maximum Gasteiger partial charge on any atom is 0.0120 e. The Morgan fingerprint density at radius 2 is 1.93 bits per heavy atom. The average Bonchev–Trinajstić information content (AvgIpc) is 2.21. The Morgan fingerprint density at radius 3 is 2.43 bits per heavy atom. The zero-order valence-corrected chi connectivity index (χ0v) is 10.1. The van der Waals surface area contributed by atoms with Gasteiger partial charge in [-0.1, -0.05) is 39.3 Å². The van der Waals surface area contributed by atoms with Crippen molar-refractivity contribution in [3.63, 3.8) is 0 Å². The molecule has 14 heavy (non-hydrogen) atoms. The summed E-state index contributed by atoms with van der Waals surface area (Å²) in [6.45, 7) is 8.80. The van der Waals surface area contributed by atoms with E-state index in [2.05, 4.69) is 51.7 Å². The molecule has 0 aromatic heterocycles. The summed E-state index contributed by atoms with van der Waals surface area (Å²) in [6, 6.07) is 0. The zero-order chi connectivity index (χ0) is 10.8. The summed E-state index contributed by atoms with van der Waals surface area (Å²) in [7, 11) is 0. The van der Waals surface area contributed by atoms with Crippen LogP contribution in [0.3, 0.4) is 0 Å². The first-order valence-electron chi connectivity index (χ1n) is 5.83. The summed E-state index contributed by atoms with van der Waals surface area (Å²) in [6.07, 6.45) is 8.91. The second-order valence-corrected chi connectivity index (χ2v) is 3.86. The van der Waals surface area contributed by atoms with Crippen molar-refractivity contribution in [3.8, 4) is 11.8 Å². The predicted octanol–water partition coefficient (Wildman–Crippen LogP) is 4.42. The van der Waals surface area contributed by atoms with Gasteiger partial charge in [0.1, 0.15) is 0 Å². The van der Waals surface area contributed by atoms with Crippen LogP contribution in [0.5, 0.6) is 0 Å². The minimum absolute atomic E-state index is 0.766. The minimum Gasteiger partial charge on any atom is -0.104 e. The third-order valence-electron chi connectivity index (χ3n) is 2.74. The van der Waals surface area contributed by atoms with Gasteiger partial charge >= 0.3 is 0 Å². The summed E-state index contributed by atoms with van der Waals surface area (Å²) >= 11 is 0. The fraction of sp³-hybridized carbons (Fsp3) is 0.714. The van der Waals surface area contributed by atoms with Crippen LogP contribution in [0.1, 0.15) is 53.4 Å². The van der Waals surface area contributed by atoms with E-state index in [1.807, 2.05) is 0 Å². The molecule has 0 amide bonds. The molecule has 0 N–H and O–H groups in total. The highest BCUT2D eigenvalue weighted by molar-refractivity contribution is 4.99. The standard InChI is InChI=1S/C14H24/c1-5-8-10-12-14(7-3)13(4)11-9-6-2/h6,9,13-14H,5,7,11-12H2,1-4H3. The Bertz CT molecular complexity index is 202. The van der Waals surface area contributed by atoms with E-state index in [4.69, 9.17) is 0 Å². The molecule has 0 saturated carbocycles. The van der Waals surface area contributed by atoms with Crippen LogP contribution in [0.2, 0.25) is 0 Å². The second-order valence-electron chi connectivity index (χ2n) is 3.86. The number of rotatable bonds is 5. The van der Waals surface area contributed by atoms with Crippen LogP contribution in [-0.4, -0.2) is 0 Å². The van der Waals surface area contributed by atoms with Gasteiger partial charge in [-0.3, -0.25) is 0 Å². The van der Waals surface area contributed by atoms with Crippen molar-refractivity contribution in [2.45, 2.75) is 53.4 Å². The number of hydrogen-bond donors (Lipinski definition) is 0. The fourth-order valence-corrected chi connectivity index (χ4v) is 1.62. The molecule has 0 spiro atoms. The molecule has 0 aromatic carbocycles. The second kappa shape index (κ2) is 8.88. The summed E-state index contributed by atoms with van der Waals surface area (Å²) in [5.41, 5.74) is 0. The first-order valence-corrected chi connectivity index (χ1v) is 5.83. The zero-order valence-electron chi connectivity index (χ0n) is 10.1. The highest BCUT2D eigenvalue weighted by atomic mass is 14.2. The van der Waals surface area contributed by atoms with Gasteiger partial charge in [0.15, 0.2) is 0 Å². The van der Waals surface area contributed by atoms with Crippen molar-refractivity contribution in [2.24, 2.45) is 11.8 Å². The SMILES string of the molecule is CC=CCC(C)C(CC)CC#CCC. The van der Waals surface area contributed by atoms with E-state index in [-0.39, 0.29) is 0 Å². The molecular weight excluding hydrogens is 168 g/mol. The quantitative estimate of drug-likeness (QED) is 0.447. The molecule has 0 fully saturated rings. The molecule has 2 atom stereocenters. The Morgan fingerprint density at radius 1 is 1.21 bits per heavy atom. The lowest BCUT2D eigenvalue weighted by molar-refractivity contribution is 0.357. The predicted molar refractivity (Wildman–Crippen MR) is 65.1 cm³/mol. The molecule has 0 aliphatic heterocycles. The summed E-state index contributed by atoms with van der Waals surface area (Å²) in [5, 5.41) is 0. The van der Waals surface area contributed by atoms with Crippen LogP contribution in [-0.2, 0) is 0 Å². The van der Waals surface area contributed by atoms with Crippen molar-refractivity contribution < 1.29 is 0 Å². The van der Waals surface area contributed by atoms with Crippen LogP contribution in [0.4, 0.5) is 0 Å². The van der Waals surface area contributed by atoms with Crippen LogP contribution in [0.25, 0.3) is 0 Å². The van der Waals surface area contributed by atoms with E-state index in [1.165, 1.54) is 12.8 Å². The first-order chi connectivity index (χ1) is 6.76. The lowest BCUT2D eigenvalue weighted by Crippen LogP contribution is -2.09. The van der Waals surface area contributed by atoms with Crippen molar-refractivity contribution >= 4 is 0 Å². The molecule has 0 heteroatoms. The summed E-state index contributed by atoms with van der Waals surface area (Å²) < 4.78 is 0. The Labute approximate surface area is 89.8 Å². The van der Waals surface area contributed by atoms with Gasteiger partial charge in [-0.25, -0.2) is 0 Å². The van der Waals surface area contributed by atoms with Crippen molar-refractivity contribution in [1.29, 1.82) is 0 Å². The Kier molecular flexibility index (Phi) is 8.43. The van der Waals surface area contributed by atoms with Gasteiger partial charge in [-0.05, 0) is 25.2 Å². The molecule has 0 aliphatic carbocycles. The first kappa shape index (κ1) is 13.3. The van der Waals surface area contributed by atoms with Crippen LogP contribution in [0, 0.1) is 23.7 Å². The molecule has 0 bridgehead atoms. The minimum atomic E-state index is 0.766. The third kappa shape index (κ3) is 5.86. The monoisotopic (exact) mass is 192 g/mol. The van der Waals surface area contributed by atoms with Crippen LogP contribution >= 0.6 is 0 Å². The highest BCUT2D eigenvalue weighted by Crippen LogP contribution is 2.22. The molecule has 0 aromatic rings. The Hall–Kier alpha value is -0.700. The smallest absolute Gasteiger partial charge is 0.0120 e. The van der Waals surface area contributed by atoms with Gasteiger partial charge < -0.3 is 0 Å².